The van der Waals surface area contributed by atoms with Gasteiger partial charge >= 0.3 is 11.9 Å². The van der Waals surface area contributed by atoms with Crippen molar-refractivity contribution in [3.8, 4) is 0 Å². The van der Waals surface area contributed by atoms with Crippen molar-refractivity contribution >= 4 is 37.4 Å². The van der Waals surface area contributed by atoms with Crippen LogP contribution >= 0.6 is 0 Å². The summed E-state index contributed by atoms with van der Waals surface area (Å²) in [5, 5.41) is 10.1. The van der Waals surface area contributed by atoms with Gasteiger partial charge in [-0.05, 0) is 58.7 Å². The maximum absolute atomic E-state index is 11.8. The van der Waals surface area contributed by atoms with E-state index in [4.69, 9.17) is 13.6 Å². The molecular weight excluding hydrogens is 384 g/mol. The van der Waals surface area contributed by atoms with Crippen molar-refractivity contribution in [2.45, 2.75) is 64.6 Å². The summed E-state index contributed by atoms with van der Waals surface area (Å²) in [4.78, 5) is 23.0. The zero-order valence-corrected chi connectivity index (χ0v) is 20.3. The van der Waals surface area contributed by atoms with E-state index in [-0.39, 0.29) is 6.61 Å². The Morgan fingerprint density at radius 3 is 1.96 bits per heavy atom. The molecule has 0 amide bonds. The third-order valence-corrected chi connectivity index (χ3v) is 9.06. The molecule has 0 fully saturated rings. The summed E-state index contributed by atoms with van der Waals surface area (Å²) in [6, 6.07) is 0.621. The second-order valence-electron chi connectivity index (χ2n) is 8.00. The fraction of sp³-hybridized carbons (Fsp3) is 0.647. The van der Waals surface area contributed by atoms with Gasteiger partial charge in [-0.15, -0.1) is 0 Å². The SMILES string of the molecule is C=CC(=O)OCCC[SiH](C(=CC)C(=O)O)C(O[Si](C)(C)C)O[Si](C)(C)C. The van der Waals surface area contributed by atoms with E-state index in [1.165, 1.54) is 0 Å². The number of hydrogen-bond acceptors (Lipinski definition) is 5. The summed E-state index contributed by atoms with van der Waals surface area (Å²) >= 11 is 0. The molecule has 0 rings (SSSR count). The molecule has 0 bridgehead atoms. The average Bonchev–Trinajstić information content (AvgIpc) is 2.46. The van der Waals surface area contributed by atoms with Crippen LogP contribution in [0.5, 0.6) is 0 Å². The van der Waals surface area contributed by atoms with E-state index in [0.29, 0.717) is 17.7 Å². The van der Waals surface area contributed by atoms with Crippen LogP contribution in [0.15, 0.2) is 23.9 Å². The van der Waals surface area contributed by atoms with E-state index in [0.717, 1.165) is 6.08 Å². The van der Waals surface area contributed by atoms with Gasteiger partial charge in [-0.25, -0.2) is 9.59 Å². The molecular formula is C17H34O6Si3. The molecule has 1 unspecified atom stereocenters. The summed E-state index contributed by atoms with van der Waals surface area (Å²) in [5.74, 6) is -1.87. The van der Waals surface area contributed by atoms with E-state index in [2.05, 4.69) is 45.9 Å². The number of rotatable bonds is 12. The van der Waals surface area contributed by atoms with Crippen molar-refractivity contribution in [2.75, 3.05) is 6.61 Å². The molecule has 0 aliphatic carbocycles. The first kappa shape index (κ1) is 25.0. The first-order chi connectivity index (χ1) is 11.8. The number of carboxylic acid groups (broad SMARTS) is 1. The number of allylic oxidation sites excluding steroid dienone is 1. The van der Waals surface area contributed by atoms with Crippen LogP contribution in [0, 0.1) is 0 Å². The minimum absolute atomic E-state index is 0.234. The molecule has 1 atom stereocenters. The second-order valence-corrected chi connectivity index (χ2v) is 19.9. The van der Waals surface area contributed by atoms with Crippen molar-refractivity contribution in [3.05, 3.63) is 23.9 Å². The molecule has 0 aliphatic heterocycles. The van der Waals surface area contributed by atoms with E-state index < -0.39 is 43.3 Å². The highest BCUT2D eigenvalue weighted by Gasteiger charge is 2.37. The molecule has 6 nitrogen and oxygen atoms in total. The molecule has 26 heavy (non-hydrogen) atoms. The third kappa shape index (κ3) is 10.9. The molecule has 150 valence electrons. The van der Waals surface area contributed by atoms with Gasteiger partial charge in [0.25, 0.3) is 0 Å². The molecule has 0 saturated carbocycles. The van der Waals surface area contributed by atoms with Crippen molar-refractivity contribution in [3.63, 3.8) is 0 Å². The van der Waals surface area contributed by atoms with Gasteiger partial charge in [0.15, 0.2) is 16.6 Å². The smallest absolute Gasteiger partial charge is 0.330 e. The second kappa shape index (κ2) is 11.0. The molecule has 9 heteroatoms. The predicted molar refractivity (Wildman–Crippen MR) is 112 cm³/mol. The Bertz CT molecular complexity index is 504. The highest BCUT2D eigenvalue weighted by Crippen LogP contribution is 2.23. The molecule has 0 aromatic heterocycles. The summed E-state index contributed by atoms with van der Waals surface area (Å²) in [5.41, 5.74) is 0. The minimum Gasteiger partial charge on any atom is -0.478 e. The zero-order chi connectivity index (χ0) is 20.5. The van der Waals surface area contributed by atoms with Crippen LogP contribution in [-0.2, 0) is 23.2 Å². The van der Waals surface area contributed by atoms with Gasteiger partial charge < -0.3 is 18.7 Å². The molecule has 0 spiro atoms. The summed E-state index contributed by atoms with van der Waals surface area (Å²) in [7, 11) is -5.99. The summed E-state index contributed by atoms with van der Waals surface area (Å²) in [6.45, 7) is 17.8. The van der Waals surface area contributed by atoms with E-state index in [9.17, 15) is 14.7 Å². The van der Waals surface area contributed by atoms with Gasteiger partial charge in [-0.3, -0.25) is 0 Å². The molecule has 0 saturated heterocycles. The largest absolute Gasteiger partial charge is 0.478 e. The fourth-order valence-electron chi connectivity index (χ4n) is 2.35. The van der Waals surface area contributed by atoms with E-state index in [1.54, 1.807) is 13.0 Å². The van der Waals surface area contributed by atoms with E-state index in [1.807, 2.05) is 0 Å². The molecule has 0 aromatic carbocycles. The van der Waals surface area contributed by atoms with Crippen LogP contribution < -0.4 is 0 Å². The molecule has 1 N–H and O–H groups in total. The number of hydrogen-bond donors (Lipinski definition) is 1. The minimum atomic E-state index is -2.12. The third-order valence-electron chi connectivity index (χ3n) is 3.30. The van der Waals surface area contributed by atoms with Crippen LogP contribution in [0.25, 0.3) is 0 Å². The van der Waals surface area contributed by atoms with Gasteiger partial charge in [0.05, 0.1) is 6.61 Å². The van der Waals surface area contributed by atoms with Crippen LogP contribution in [-0.4, -0.2) is 55.0 Å². The lowest BCUT2D eigenvalue weighted by Crippen LogP contribution is -2.50. The van der Waals surface area contributed by atoms with Gasteiger partial charge in [0, 0.05) is 11.3 Å². The Labute approximate surface area is 161 Å². The van der Waals surface area contributed by atoms with Crippen molar-refractivity contribution in [2.24, 2.45) is 0 Å². The molecule has 0 aromatic rings. The molecule has 0 heterocycles. The average molecular weight is 419 g/mol. The van der Waals surface area contributed by atoms with Gasteiger partial charge in [0.2, 0.25) is 0 Å². The monoisotopic (exact) mass is 418 g/mol. The van der Waals surface area contributed by atoms with Crippen LogP contribution in [0.2, 0.25) is 45.3 Å². The van der Waals surface area contributed by atoms with Gasteiger partial charge in [0.1, 0.15) is 14.7 Å². The number of carboxylic acids is 1. The van der Waals surface area contributed by atoms with Crippen molar-refractivity contribution < 1.29 is 28.3 Å². The number of ether oxygens (including phenoxy) is 1. The van der Waals surface area contributed by atoms with Crippen molar-refractivity contribution in [1.82, 2.24) is 0 Å². The lowest BCUT2D eigenvalue weighted by atomic mass is 10.5. The first-order valence-electron chi connectivity index (χ1n) is 8.85. The van der Waals surface area contributed by atoms with Crippen LogP contribution in [0.1, 0.15) is 13.3 Å². The maximum Gasteiger partial charge on any atom is 0.330 e. The highest BCUT2D eigenvalue weighted by atomic mass is 28.4. The number of esters is 1. The maximum atomic E-state index is 11.8. The van der Waals surface area contributed by atoms with E-state index >= 15 is 0 Å². The quantitative estimate of drug-likeness (QED) is 0.172. The molecule has 0 aliphatic rings. The highest BCUT2D eigenvalue weighted by molar-refractivity contribution is 6.77. The Kier molecular flexibility index (Phi) is 10.5. The van der Waals surface area contributed by atoms with Gasteiger partial charge in [-0.2, -0.15) is 0 Å². The number of carbonyl (C=O) groups excluding carboxylic acids is 1. The van der Waals surface area contributed by atoms with Crippen LogP contribution in [0.3, 0.4) is 0 Å². The Morgan fingerprint density at radius 2 is 1.62 bits per heavy atom. The number of carbonyl (C=O) groups is 2. The summed E-state index contributed by atoms with van der Waals surface area (Å²) in [6.07, 6.45) is 3.35. The fourth-order valence-corrected chi connectivity index (χ4v) is 9.93. The van der Waals surface area contributed by atoms with Gasteiger partial charge in [-0.1, -0.05) is 12.7 Å². The Morgan fingerprint density at radius 1 is 1.12 bits per heavy atom. The zero-order valence-electron chi connectivity index (χ0n) is 17.1. The van der Waals surface area contributed by atoms with Crippen molar-refractivity contribution in [1.29, 1.82) is 0 Å². The lowest BCUT2D eigenvalue weighted by molar-refractivity contribution is -0.137. The lowest BCUT2D eigenvalue weighted by Gasteiger charge is -2.36. The standard InChI is InChI=1S/C17H34O6Si3/c1-9-14(16(19)20)24(13-11-12-21-15(18)10-2)17(22-25(3,4)5)23-26(6,7)8/h9-10,17,24H,2,11-13H2,1,3-8H3,(H,19,20). The van der Waals surface area contributed by atoms with Crippen LogP contribution in [0.4, 0.5) is 0 Å². The predicted octanol–water partition coefficient (Wildman–Crippen LogP) is 3.47. The Hall–Kier alpha value is -1.01. The number of aliphatic carboxylic acids is 1. The Balaban J connectivity index is 5.47. The normalized spacial score (nSPS) is 14.2. The summed E-state index contributed by atoms with van der Waals surface area (Å²) < 4.78 is 17.6. The molecule has 0 radical (unpaired) electrons. The first-order valence-corrected chi connectivity index (χ1v) is 17.7. The topological polar surface area (TPSA) is 82.1 Å².